The first kappa shape index (κ1) is 11.0. The number of fused-ring (bicyclic) bond motifs is 1. The summed E-state index contributed by atoms with van der Waals surface area (Å²) < 4.78 is 0. The van der Waals surface area contributed by atoms with Crippen LogP contribution in [0.25, 0.3) is 0 Å². The van der Waals surface area contributed by atoms with Gasteiger partial charge in [0.2, 0.25) is 0 Å². The molecule has 0 amide bonds. The van der Waals surface area contributed by atoms with Crippen LogP contribution in [0.2, 0.25) is 0 Å². The van der Waals surface area contributed by atoms with Crippen molar-refractivity contribution in [3.63, 3.8) is 0 Å². The summed E-state index contributed by atoms with van der Waals surface area (Å²) >= 11 is 0. The molecule has 1 heteroatoms. The van der Waals surface area contributed by atoms with Crippen molar-refractivity contribution in [1.82, 2.24) is 5.32 Å². The predicted octanol–water partition coefficient (Wildman–Crippen LogP) is 3.61. The summed E-state index contributed by atoms with van der Waals surface area (Å²) in [4.78, 5) is 0. The Kier molecular flexibility index (Phi) is 2.79. The van der Waals surface area contributed by atoms with E-state index < -0.39 is 0 Å². The highest BCUT2D eigenvalue weighted by molar-refractivity contribution is 5.24. The molecule has 1 saturated carbocycles. The smallest absolute Gasteiger partial charge is 0.0294 e. The molecule has 1 N–H and O–H groups in total. The monoisotopic (exact) mass is 227 g/mol. The van der Waals surface area contributed by atoms with Gasteiger partial charge >= 0.3 is 0 Å². The van der Waals surface area contributed by atoms with Gasteiger partial charge in [-0.15, -0.1) is 0 Å². The fourth-order valence-electron chi connectivity index (χ4n) is 3.18. The Balaban J connectivity index is 1.62. The minimum atomic E-state index is 0.468. The first-order chi connectivity index (χ1) is 8.24. The number of hydrogen-bond donors (Lipinski definition) is 1. The van der Waals surface area contributed by atoms with E-state index in [2.05, 4.69) is 55.6 Å². The molecule has 4 atom stereocenters. The zero-order valence-corrected chi connectivity index (χ0v) is 10.7. The summed E-state index contributed by atoms with van der Waals surface area (Å²) in [5.41, 5.74) is 2.74. The van der Waals surface area contributed by atoms with Crippen LogP contribution in [0.3, 0.4) is 0 Å². The van der Waals surface area contributed by atoms with E-state index in [9.17, 15) is 0 Å². The summed E-state index contributed by atoms with van der Waals surface area (Å²) in [5.74, 6) is 1.75. The largest absolute Gasteiger partial charge is 0.307 e. The maximum atomic E-state index is 3.77. The Hall–Kier alpha value is -1.08. The quantitative estimate of drug-likeness (QED) is 0.778. The Morgan fingerprint density at radius 1 is 1.24 bits per heavy atom. The molecule has 0 aliphatic heterocycles. The molecule has 0 saturated heterocycles. The van der Waals surface area contributed by atoms with Crippen LogP contribution in [-0.4, -0.2) is 6.04 Å². The Morgan fingerprint density at radius 2 is 2.00 bits per heavy atom. The normalized spacial score (nSPS) is 32.0. The second-order valence-corrected chi connectivity index (χ2v) is 5.64. The van der Waals surface area contributed by atoms with Gasteiger partial charge in [-0.2, -0.15) is 0 Å². The van der Waals surface area contributed by atoms with Gasteiger partial charge in [0.05, 0.1) is 0 Å². The van der Waals surface area contributed by atoms with Crippen LogP contribution in [0.15, 0.2) is 36.4 Å². The molecule has 90 valence electrons. The number of hydrogen-bond acceptors (Lipinski definition) is 1. The van der Waals surface area contributed by atoms with Gasteiger partial charge in [-0.3, -0.25) is 0 Å². The lowest BCUT2D eigenvalue weighted by molar-refractivity contribution is 0.152. The number of rotatable bonds is 3. The Labute approximate surface area is 104 Å². The van der Waals surface area contributed by atoms with Crippen LogP contribution >= 0.6 is 0 Å². The molecule has 0 heterocycles. The SMILES string of the molecule is Cc1ccc([C@@H](C)NC2CC3CC=CC32)cc1. The Bertz CT molecular complexity index is 418. The fraction of sp³-hybridized carbons (Fsp3) is 0.500. The third-order valence-corrected chi connectivity index (χ3v) is 4.40. The number of nitrogens with one attached hydrogen (secondary N) is 1. The van der Waals surface area contributed by atoms with Crippen LogP contribution in [0.1, 0.15) is 36.9 Å². The summed E-state index contributed by atoms with van der Waals surface area (Å²) in [5, 5.41) is 3.77. The lowest BCUT2D eigenvalue weighted by Gasteiger charge is -2.42. The van der Waals surface area contributed by atoms with Crippen molar-refractivity contribution in [3.05, 3.63) is 47.5 Å². The minimum Gasteiger partial charge on any atom is -0.307 e. The molecule has 1 fully saturated rings. The molecular formula is C16H21N. The van der Waals surface area contributed by atoms with Crippen LogP contribution in [0.5, 0.6) is 0 Å². The molecule has 0 aromatic heterocycles. The highest BCUT2D eigenvalue weighted by Gasteiger charge is 2.41. The van der Waals surface area contributed by atoms with Crippen molar-refractivity contribution in [3.8, 4) is 0 Å². The van der Waals surface area contributed by atoms with Crippen LogP contribution in [-0.2, 0) is 0 Å². The van der Waals surface area contributed by atoms with E-state index in [-0.39, 0.29) is 0 Å². The van der Waals surface area contributed by atoms with E-state index >= 15 is 0 Å². The molecule has 3 unspecified atom stereocenters. The summed E-state index contributed by atoms with van der Waals surface area (Å²) in [6, 6.07) is 10.1. The van der Waals surface area contributed by atoms with Crippen LogP contribution < -0.4 is 5.32 Å². The number of aryl methyl sites for hydroxylation is 1. The lowest BCUT2D eigenvalue weighted by Crippen LogP contribution is -2.48. The van der Waals surface area contributed by atoms with Gasteiger partial charge in [-0.25, -0.2) is 0 Å². The van der Waals surface area contributed by atoms with Gasteiger partial charge in [0, 0.05) is 12.1 Å². The van der Waals surface area contributed by atoms with Gasteiger partial charge in [-0.05, 0) is 44.1 Å². The van der Waals surface area contributed by atoms with Crippen LogP contribution in [0.4, 0.5) is 0 Å². The van der Waals surface area contributed by atoms with Gasteiger partial charge in [-0.1, -0.05) is 42.0 Å². The number of allylic oxidation sites excluding steroid dienone is 1. The van der Waals surface area contributed by atoms with Crippen molar-refractivity contribution < 1.29 is 0 Å². The topological polar surface area (TPSA) is 12.0 Å². The standard InChI is InChI=1S/C16H21N/c1-11-6-8-13(9-7-11)12(2)17-16-10-14-4-3-5-15(14)16/h3,5-9,12,14-17H,4,10H2,1-2H3/t12-,14?,15?,16?/m1/s1. The van der Waals surface area contributed by atoms with Crippen LogP contribution in [0, 0.1) is 18.8 Å². The first-order valence-corrected chi connectivity index (χ1v) is 6.73. The van der Waals surface area contributed by atoms with Crippen molar-refractivity contribution in [2.75, 3.05) is 0 Å². The molecule has 0 bridgehead atoms. The summed E-state index contributed by atoms with van der Waals surface area (Å²) in [6.45, 7) is 4.42. The second kappa shape index (κ2) is 4.30. The lowest BCUT2D eigenvalue weighted by atomic mass is 9.71. The fourth-order valence-corrected chi connectivity index (χ4v) is 3.18. The summed E-state index contributed by atoms with van der Waals surface area (Å²) in [6.07, 6.45) is 7.43. The molecule has 2 aliphatic rings. The van der Waals surface area contributed by atoms with E-state index in [1.54, 1.807) is 0 Å². The second-order valence-electron chi connectivity index (χ2n) is 5.64. The van der Waals surface area contributed by atoms with Crippen molar-refractivity contribution in [1.29, 1.82) is 0 Å². The average molecular weight is 227 g/mol. The van der Waals surface area contributed by atoms with Gasteiger partial charge in [0.1, 0.15) is 0 Å². The molecule has 0 spiro atoms. The van der Waals surface area contributed by atoms with E-state index in [4.69, 9.17) is 0 Å². The molecule has 1 aromatic rings. The molecule has 2 aliphatic carbocycles. The highest BCUT2D eigenvalue weighted by atomic mass is 15.0. The molecule has 0 radical (unpaired) electrons. The zero-order chi connectivity index (χ0) is 11.8. The molecule has 17 heavy (non-hydrogen) atoms. The molecule has 3 rings (SSSR count). The van der Waals surface area contributed by atoms with Crippen molar-refractivity contribution >= 4 is 0 Å². The third-order valence-electron chi connectivity index (χ3n) is 4.40. The molecular weight excluding hydrogens is 206 g/mol. The third kappa shape index (κ3) is 2.04. The van der Waals surface area contributed by atoms with Crippen molar-refractivity contribution in [2.45, 2.75) is 38.8 Å². The molecule has 1 aromatic carbocycles. The van der Waals surface area contributed by atoms with E-state index in [1.807, 2.05) is 0 Å². The van der Waals surface area contributed by atoms with Gasteiger partial charge < -0.3 is 5.32 Å². The summed E-state index contributed by atoms with van der Waals surface area (Å²) in [7, 11) is 0. The average Bonchev–Trinajstić information content (AvgIpc) is 2.68. The van der Waals surface area contributed by atoms with Gasteiger partial charge in [0.25, 0.3) is 0 Å². The zero-order valence-electron chi connectivity index (χ0n) is 10.7. The van der Waals surface area contributed by atoms with E-state index in [1.165, 1.54) is 24.0 Å². The van der Waals surface area contributed by atoms with E-state index in [0.717, 1.165) is 11.8 Å². The maximum Gasteiger partial charge on any atom is 0.0294 e. The minimum absolute atomic E-state index is 0.468. The highest BCUT2D eigenvalue weighted by Crippen LogP contribution is 2.43. The van der Waals surface area contributed by atoms with Gasteiger partial charge in [0.15, 0.2) is 0 Å². The predicted molar refractivity (Wildman–Crippen MR) is 71.9 cm³/mol. The maximum absolute atomic E-state index is 3.77. The molecule has 1 nitrogen and oxygen atoms in total. The first-order valence-electron chi connectivity index (χ1n) is 6.73. The number of benzene rings is 1. The Morgan fingerprint density at radius 3 is 2.71 bits per heavy atom. The van der Waals surface area contributed by atoms with E-state index in [0.29, 0.717) is 12.1 Å². The van der Waals surface area contributed by atoms with Crippen molar-refractivity contribution in [2.24, 2.45) is 11.8 Å².